The summed E-state index contributed by atoms with van der Waals surface area (Å²) in [6, 6.07) is 10.1. The summed E-state index contributed by atoms with van der Waals surface area (Å²) >= 11 is 3.00. The number of nitrogens with zero attached hydrogens (tertiary/aromatic N) is 2. The molecular weight excluding hydrogens is 328 g/mol. The molecule has 118 valence electrons. The van der Waals surface area contributed by atoms with Gasteiger partial charge in [0.2, 0.25) is 0 Å². The zero-order valence-corrected chi connectivity index (χ0v) is 14.5. The SMILES string of the molecule is CCOC(=O)C(C)Sc1ncnc2scc(-c3ccccc3)c12. The zero-order chi connectivity index (χ0) is 16.2. The van der Waals surface area contributed by atoms with Gasteiger partial charge in [0.25, 0.3) is 0 Å². The molecule has 0 aliphatic heterocycles. The van der Waals surface area contributed by atoms with Gasteiger partial charge in [-0.25, -0.2) is 9.97 Å². The summed E-state index contributed by atoms with van der Waals surface area (Å²) in [5.74, 6) is -0.222. The van der Waals surface area contributed by atoms with Crippen molar-refractivity contribution in [1.29, 1.82) is 0 Å². The second kappa shape index (κ2) is 7.10. The molecule has 23 heavy (non-hydrogen) atoms. The quantitative estimate of drug-likeness (QED) is 0.390. The summed E-state index contributed by atoms with van der Waals surface area (Å²) in [5.41, 5.74) is 2.23. The van der Waals surface area contributed by atoms with Crippen molar-refractivity contribution in [1.82, 2.24) is 9.97 Å². The molecule has 2 heterocycles. The smallest absolute Gasteiger partial charge is 0.319 e. The first-order chi connectivity index (χ1) is 11.2. The van der Waals surface area contributed by atoms with Crippen LogP contribution in [0, 0.1) is 0 Å². The van der Waals surface area contributed by atoms with Crippen molar-refractivity contribution in [3.8, 4) is 11.1 Å². The number of hydrogen-bond donors (Lipinski definition) is 0. The summed E-state index contributed by atoms with van der Waals surface area (Å²) in [4.78, 5) is 21.6. The second-order valence-corrected chi connectivity index (χ2v) is 7.07. The molecule has 0 N–H and O–H groups in total. The Morgan fingerprint density at radius 1 is 1.30 bits per heavy atom. The fourth-order valence-electron chi connectivity index (χ4n) is 2.24. The number of rotatable bonds is 5. The van der Waals surface area contributed by atoms with Crippen LogP contribution in [0.15, 0.2) is 47.1 Å². The molecule has 1 aromatic carbocycles. The van der Waals surface area contributed by atoms with E-state index in [0.717, 1.165) is 26.4 Å². The van der Waals surface area contributed by atoms with Crippen molar-refractivity contribution >= 4 is 39.3 Å². The number of hydrogen-bond acceptors (Lipinski definition) is 6. The molecule has 0 radical (unpaired) electrons. The molecule has 0 saturated heterocycles. The summed E-state index contributed by atoms with van der Waals surface area (Å²) in [5, 5.41) is 3.60. The molecule has 0 bridgehead atoms. The fourth-order valence-corrected chi connectivity index (χ4v) is 4.15. The predicted octanol–water partition coefficient (Wildman–Crippen LogP) is 4.40. The highest BCUT2D eigenvalue weighted by atomic mass is 32.2. The number of thioether (sulfide) groups is 1. The van der Waals surface area contributed by atoms with E-state index in [9.17, 15) is 4.79 Å². The maximum absolute atomic E-state index is 11.9. The van der Waals surface area contributed by atoms with E-state index in [1.807, 2.05) is 32.0 Å². The van der Waals surface area contributed by atoms with Crippen LogP contribution in [0.1, 0.15) is 13.8 Å². The van der Waals surface area contributed by atoms with Gasteiger partial charge in [0.1, 0.15) is 21.4 Å². The molecule has 0 aliphatic rings. The average molecular weight is 344 g/mol. The number of fused-ring (bicyclic) bond motifs is 1. The Morgan fingerprint density at radius 2 is 2.09 bits per heavy atom. The van der Waals surface area contributed by atoms with Gasteiger partial charge in [-0.05, 0) is 19.4 Å². The highest BCUT2D eigenvalue weighted by Crippen LogP contribution is 2.38. The van der Waals surface area contributed by atoms with Gasteiger partial charge in [-0.3, -0.25) is 4.79 Å². The maximum Gasteiger partial charge on any atom is 0.319 e. The van der Waals surface area contributed by atoms with Gasteiger partial charge in [-0.15, -0.1) is 11.3 Å². The standard InChI is InChI=1S/C17H16N2O2S2/c1-3-21-17(20)11(2)23-16-14-13(12-7-5-4-6-8-12)9-22-15(14)18-10-19-16/h4-11H,3H2,1-2H3. The lowest BCUT2D eigenvalue weighted by atomic mass is 10.1. The van der Waals surface area contributed by atoms with E-state index in [2.05, 4.69) is 27.5 Å². The van der Waals surface area contributed by atoms with E-state index in [0.29, 0.717) is 6.61 Å². The first kappa shape index (κ1) is 16.0. The molecule has 4 nitrogen and oxygen atoms in total. The number of carbonyl (C=O) groups is 1. The molecule has 0 aliphatic carbocycles. The van der Waals surface area contributed by atoms with Crippen LogP contribution in [0.4, 0.5) is 0 Å². The maximum atomic E-state index is 11.9. The molecule has 3 aromatic rings. The van der Waals surface area contributed by atoms with Crippen LogP contribution in [0.5, 0.6) is 0 Å². The largest absolute Gasteiger partial charge is 0.465 e. The second-order valence-electron chi connectivity index (χ2n) is 4.89. The topological polar surface area (TPSA) is 52.1 Å². The molecule has 0 amide bonds. The third kappa shape index (κ3) is 3.38. The minimum absolute atomic E-state index is 0.222. The summed E-state index contributed by atoms with van der Waals surface area (Å²) in [7, 11) is 0. The molecule has 0 spiro atoms. The van der Waals surface area contributed by atoms with Crippen LogP contribution in [0.25, 0.3) is 21.3 Å². The molecular formula is C17H16N2O2S2. The summed E-state index contributed by atoms with van der Waals surface area (Å²) < 4.78 is 5.08. The molecule has 2 aromatic heterocycles. The van der Waals surface area contributed by atoms with Gasteiger partial charge in [0, 0.05) is 10.9 Å². The normalized spacial score (nSPS) is 12.3. The van der Waals surface area contributed by atoms with E-state index in [-0.39, 0.29) is 11.2 Å². The van der Waals surface area contributed by atoms with Crippen molar-refractivity contribution in [3.05, 3.63) is 42.0 Å². The van der Waals surface area contributed by atoms with E-state index >= 15 is 0 Å². The monoisotopic (exact) mass is 344 g/mol. The third-order valence-corrected chi connectivity index (χ3v) is 5.29. The van der Waals surface area contributed by atoms with Crippen LogP contribution >= 0.6 is 23.1 Å². The highest BCUT2D eigenvalue weighted by Gasteiger charge is 2.20. The van der Waals surface area contributed by atoms with Crippen molar-refractivity contribution in [3.63, 3.8) is 0 Å². The van der Waals surface area contributed by atoms with Gasteiger partial charge in [0.15, 0.2) is 0 Å². The van der Waals surface area contributed by atoms with E-state index in [1.165, 1.54) is 11.8 Å². The first-order valence-electron chi connectivity index (χ1n) is 7.31. The number of ether oxygens (including phenoxy) is 1. The zero-order valence-electron chi connectivity index (χ0n) is 12.9. The van der Waals surface area contributed by atoms with E-state index in [4.69, 9.17) is 4.74 Å². The minimum atomic E-state index is -0.309. The average Bonchev–Trinajstić information content (AvgIpc) is 3.01. The Balaban J connectivity index is 2.01. The highest BCUT2D eigenvalue weighted by molar-refractivity contribution is 8.00. The Morgan fingerprint density at radius 3 is 2.83 bits per heavy atom. The van der Waals surface area contributed by atoms with E-state index in [1.54, 1.807) is 17.7 Å². The molecule has 0 fully saturated rings. The van der Waals surface area contributed by atoms with Crippen LogP contribution < -0.4 is 0 Å². The molecule has 6 heteroatoms. The Bertz CT molecular complexity index is 818. The lowest BCUT2D eigenvalue weighted by Gasteiger charge is -2.10. The number of esters is 1. The van der Waals surface area contributed by atoms with Gasteiger partial charge < -0.3 is 4.74 Å². The van der Waals surface area contributed by atoms with Crippen molar-refractivity contribution in [2.75, 3.05) is 6.61 Å². The minimum Gasteiger partial charge on any atom is -0.465 e. The van der Waals surface area contributed by atoms with Crippen molar-refractivity contribution in [2.24, 2.45) is 0 Å². The number of benzene rings is 1. The van der Waals surface area contributed by atoms with Crippen LogP contribution in [0.2, 0.25) is 0 Å². The van der Waals surface area contributed by atoms with Gasteiger partial charge in [0.05, 0.1) is 12.0 Å². The Labute approximate surface area is 142 Å². The predicted molar refractivity (Wildman–Crippen MR) is 94.8 cm³/mol. The third-order valence-electron chi connectivity index (χ3n) is 3.33. The number of carbonyl (C=O) groups excluding carboxylic acids is 1. The van der Waals surface area contributed by atoms with Crippen molar-refractivity contribution < 1.29 is 9.53 Å². The van der Waals surface area contributed by atoms with Crippen LogP contribution in [-0.4, -0.2) is 27.8 Å². The lowest BCUT2D eigenvalue weighted by molar-refractivity contribution is -0.142. The number of thiophene rings is 1. The molecule has 1 unspecified atom stereocenters. The summed E-state index contributed by atoms with van der Waals surface area (Å²) in [6.07, 6.45) is 1.55. The van der Waals surface area contributed by atoms with Crippen LogP contribution in [-0.2, 0) is 9.53 Å². The molecule has 1 atom stereocenters. The molecule has 3 rings (SSSR count). The fraction of sp³-hybridized carbons (Fsp3) is 0.235. The summed E-state index contributed by atoms with van der Waals surface area (Å²) in [6.45, 7) is 4.03. The molecule has 0 saturated carbocycles. The Hall–Kier alpha value is -1.92. The van der Waals surface area contributed by atoms with Gasteiger partial charge in [-0.2, -0.15) is 0 Å². The van der Waals surface area contributed by atoms with Crippen molar-refractivity contribution in [2.45, 2.75) is 24.1 Å². The first-order valence-corrected chi connectivity index (χ1v) is 9.07. The van der Waals surface area contributed by atoms with Crippen LogP contribution in [0.3, 0.4) is 0 Å². The van der Waals surface area contributed by atoms with Gasteiger partial charge in [-0.1, -0.05) is 42.1 Å². The van der Waals surface area contributed by atoms with Gasteiger partial charge >= 0.3 is 5.97 Å². The lowest BCUT2D eigenvalue weighted by Crippen LogP contribution is -2.16. The van der Waals surface area contributed by atoms with E-state index < -0.39 is 0 Å². The Kier molecular flexibility index (Phi) is 4.93. The number of aromatic nitrogens is 2.